The number of hydrogen-bond donors (Lipinski definition) is 2. The molecule has 1 aromatic carbocycles. The molecule has 0 spiro atoms. The van der Waals surface area contributed by atoms with E-state index < -0.39 is 0 Å². The van der Waals surface area contributed by atoms with Crippen LogP contribution in [0.15, 0.2) is 24.3 Å². The molecule has 1 saturated heterocycles. The quantitative estimate of drug-likeness (QED) is 0.781. The van der Waals surface area contributed by atoms with Gasteiger partial charge in [-0.2, -0.15) is 0 Å². The minimum absolute atomic E-state index is 0.0704. The number of carbonyl (C=O) groups is 1. The zero-order valence-corrected chi connectivity index (χ0v) is 13.3. The highest BCUT2D eigenvalue weighted by Gasteiger charge is 2.22. The highest BCUT2D eigenvalue weighted by molar-refractivity contribution is 7.80. The summed E-state index contributed by atoms with van der Waals surface area (Å²) < 4.78 is 0. The standard InChI is InChI=1S/C16H23N3OS/c1-2-19-9-3-4-14(19)11-18-15(20)10-12-5-7-13(8-6-12)16(17)21/h5-8,14H,2-4,9-11H2,1H3,(H2,17,21)(H,18,20). The number of rotatable bonds is 6. The molecule has 21 heavy (non-hydrogen) atoms. The third kappa shape index (κ3) is 4.51. The molecule has 1 unspecified atom stereocenters. The van der Waals surface area contributed by atoms with Crippen LogP contribution in [0.3, 0.4) is 0 Å². The van der Waals surface area contributed by atoms with Gasteiger partial charge < -0.3 is 11.1 Å². The van der Waals surface area contributed by atoms with E-state index >= 15 is 0 Å². The lowest BCUT2D eigenvalue weighted by atomic mass is 10.1. The first kappa shape index (κ1) is 15.9. The number of nitrogens with two attached hydrogens (primary N) is 1. The molecule has 1 aliphatic heterocycles. The van der Waals surface area contributed by atoms with Crippen molar-refractivity contribution in [3.63, 3.8) is 0 Å². The SMILES string of the molecule is CCN1CCCC1CNC(=O)Cc1ccc(C(N)=S)cc1. The molecule has 0 bridgehead atoms. The Kier molecular flexibility index (Phi) is 5.70. The number of likely N-dealkylation sites (N-methyl/N-ethyl adjacent to an activating group) is 1. The number of hydrogen-bond acceptors (Lipinski definition) is 3. The van der Waals surface area contributed by atoms with Gasteiger partial charge in [-0.25, -0.2) is 0 Å². The second kappa shape index (κ2) is 7.52. The Hall–Kier alpha value is -1.46. The van der Waals surface area contributed by atoms with Gasteiger partial charge >= 0.3 is 0 Å². The van der Waals surface area contributed by atoms with Crippen LogP contribution in [0.4, 0.5) is 0 Å². The van der Waals surface area contributed by atoms with E-state index in [-0.39, 0.29) is 5.91 Å². The van der Waals surface area contributed by atoms with Gasteiger partial charge in [0.05, 0.1) is 6.42 Å². The van der Waals surface area contributed by atoms with Gasteiger partial charge in [-0.05, 0) is 31.5 Å². The van der Waals surface area contributed by atoms with Crippen molar-refractivity contribution in [2.45, 2.75) is 32.2 Å². The predicted octanol–water partition coefficient (Wildman–Crippen LogP) is 1.46. The van der Waals surface area contributed by atoms with E-state index in [2.05, 4.69) is 17.1 Å². The summed E-state index contributed by atoms with van der Waals surface area (Å²) in [6.07, 6.45) is 2.81. The normalized spacial score (nSPS) is 18.6. The summed E-state index contributed by atoms with van der Waals surface area (Å²) in [6.45, 7) is 5.12. The van der Waals surface area contributed by atoms with Crippen LogP contribution in [-0.4, -0.2) is 41.5 Å². The van der Waals surface area contributed by atoms with E-state index in [1.54, 1.807) is 0 Å². The summed E-state index contributed by atoms with van der Waals surface area (Å²) in [6, 6.07) is 8.03. The Bertz CT molecular complexity index is 501. The molecule has 0 aromatic heterocycles. The highest BCUT2D eigenvalue weighted by Crippen LogP contribution is 2.15. The average Bonchev–Trinajstić information content (AvgIpc) is 2.93. The van der Waals surface area contributed by atoms with Crippen LogP contribution < -0.4 is 11.1 Å². The molecule has 0 saturated carbocycles. The third-order valence-corrected chi connectivity index (χ3v) is 4.28. The third-order valence-electron chi connectivity index (χ3n) is 4.04. The second-order valence-corrected chi connectivity index (χ2v) is 5.91. The summed E-state index contributed by atoms with van der Waals surface area (Å²) in [7, 11) is 0. The first-order valence-electron chi connectivity index (χ1n) is 7.49. The van der Waals surface area contributed by atoms with Crippen LogP contribution in [0.25, 0.3) is 0 Å². The minimum Gasteiger partial charge on any atom is -0.389 e. The first-order valence-corrected chi connectivity index (χ1v) is 7.90. The molecule has 1 amide bonds. The Balaban J connectivity index is 1.80. The van der Waals surface area contributed by atoms with Crippen molar-refractivity contribution in [2.24, 2.45) is 5.73 Å². The summed E-state index contributed by atoms with van der Waals surface area (Å²) in [5.41, 5.74) is 7.37. The molecule has 0 aliphatic carbocycles. The lowest BCUT2D eigenvalue weighted by molar-refractivity contribution is -0.120. The number of nitrogens with zero attached hydrogens (tertiary/aromatic N) is 1. The maximum Gasteiger partial charge on any atom is 0.224 e. The smallest absolute Gasteiger partial charge is 0.224 e. The molecule has 1 heterocycles. The van der Waals surface area contributed by atoms with Crippen molar-refractivity contribution < 1.29 is 4.79 Å². The average molecular weight is 305 g/mol. The van der Waals surface area contributed by atoms with Crippen LogP contribution in [-0.2, 0) is 11.2 Å². The molecule has 2 rings (SSSR count). The molecule has 1 aromatic rings. The van der Waals surface area contributed by atoms with E-state index in [0.29, 0.717) is 17.5 Å². The molecule has 114 valence electrons. The van der Waals surface area contributed by atoms with Gasteiger partial charge in [0.25, 0.3) is 0 Å². The van der Waals surface area contributed by atoms with Crippen LogP contribution in [0.5, 0.6) is 0 Å². The lowest BCUT2D eigenvalue weighted by Crippen LogP contribution is -2.40. The van der Waals surface area contributed by atoms with E-state index in [0.717, 1.165) is 30.8 Å². The molecular formula is C16H23N3OS. The zero-order valence-electron chi connectivity index (χ0n) is 12.5. The van der Waals surface area contributed by atoms with Crippen LogP contribution in [0.2, 0.25) is 0 Å². The Morgan fingerprint density at radius 3 is 2.76 bits per heavy atom. The van der Waals surface area contributed by atoms with Gasteiger partial charge in [0, 0.05) is 18.2 Å². The van der Waals surface area contributed by atoms with Gasteiger partial charge in [-0.15, -0.1) is 0 Å². The minimum atomic E-state index is 0.0704. The number of carbonyl (C=O) groups excluding carboxylic acids is 1. The van der Waals surface area contributed by atoms with Crippen LogP contribution in [0.1, 0.15) is 30.9 Å². The molecule has 4 nitrogen and oxygen atoms in total. The van der Waals surface area contributed by atoms with Gasteiger partial charge in [-0.1, -0.05) is 43.4 Å². The van der Waals surface area contributed by atoms with Crippen LogP contribution >= 0.6 is 12.2 Å². The molecule has 3 N–H and O–H groups in total. The number of likely N-dealkylation sites (tertiary alicyclic amines) is 1. The van der Waals surface area contributed by atoms with E-state index in [4.69, 9.17) is 18.0 Å². The molecule has 1 atom stereocenters. The number of nitrogens with one attached hydrogen (secondary N) is 1. The van der Waals surface area contributed by atoms with Crippen molar-refractivity contribution in [1.82, 2.24) is 10.2 Å². The maximum absolute atomic E-state index is 12.0. The van der Waals surface area contributed by atoms with Crippen LogP contribution in [0, 0.1) is 0 Å². The van der Waals surface area contributed by atoms with Crippen molar-refractivity contribution in [3.05, 3.63) is 35.4 Å². The van der Waals surface area contributed by atoms with Gasteiger partial charge in [-0.3, -0.25) is 9.69 Å². The molecule has 5 heteroatoms. The monoisotopic (exact) mass is 305 g/mol. The highest BCUT2D eigenvalue weighted by atomic mass is 32.1. The second-order valence-electron chi connectivity index (χ2n) is 5.47. The summed E-state index contributed by atoms with van der Waals surface area (Å²) in [5.74, 6) is 0.0704. The van der Waals surface area contributed by atoms with Crippen molar-refractivity contribution in [3.8, 4) is 0 Å². The molecule has 1 aliphatic rings. The molecular weight excluding hydrogens is 282 g/mol. The van der Waals surface area contributed by atoms with E-state index in [9.17, 15) is 4.79 Å². The van der Waals surface area contributed by atoms with E-state index in [1.807, 2.05) is 24.3 Å². The Morgan fingerprint density at radius 1 is 1.43 bits per heavy atom. The largest absolute Gasteiger partial charge is 0.389 e. The fourth-order valence-corrected chi connectivity index (χ4v) is 2.95. The fourth-order valence-electron chi connectivity index (χ4n) is 2.81. The maximum atomic E-state index is 12.0. The van der Waals surface area contributed by atoms with Gasteiger partial charge in [0.2, 0.25) is 5.91 Å². The lowest BCUT2D eigenvalue weighted by Gasteiger charge is -2.22. The van der Waals surface area contributed by atoms with Crippen molar-refractivity contribution >= 4 is 23.1 Å². The van der Waals surface area contributed by atoms with Gasteiger partial charge in [0.15, 0.2) is 0 Å². The van der Waals surface area contributed by atoms with E-state index in [1.165, 1.54) is 12.8 Å². The van der Waals surface area contributed by atoms with Crippen molar-refractivity contribution in [2.75, 3.05) is 19.6 Å². The Labute approximate surface area is 131 Å². The molecule has 0 radical (unpaired) electrons. The summed E-state index contributed by atoms with van der Waals surface area (Å²) in [5, 5.41) is 3.04. The first-order chi connectivity index (χ1) is 10.1. The summed E-state index contributed by atoms with van der Waals surface area (Å²) in [4.78, 5) is 14.8. The van der Waals surface area contributed by atoms with Crippen molar-refractivity contribution in [1.29, 1.82) is 0 Å². The Morgan fingerprint density at radius 2 is 2.14 bits per heavy atom. The fraction of sp³-hybridized carbons (Fsp3) is 0.500. The van der Waals surface area contributed by atoms with Gasteiger partial charge in [0.1, 0.15) is 4.99 Å². The number of amides is 1. The number of thiocarbonyl (C=S) groups is 1. The number of benzene rings is 1. The topological polar surface area (TPSA) is 58.4 Å². The molecule has 1 fully saturated rings. The zero-order chi connectivity index (χ0) is 15.2. The summed E-state index contributed by atoms with van der Waals surface area (Å²) >= 11 is 4.91. The predicted molar refractivity (Wildman–Crippen MR) is 89.3 cm³/mol.